The van der Waals surface area contributed by atoms with Gasteiger partial charge < -0.3 is 10.2 Å². The molecule has 0 aliphatic heterocycles. The number of benzene rings is 1. The van der Waals surface area contributed by atoms with E-state index < -0.39 is 0 Å². The highest BCUT2D eigenvalue weighted by Gasteiger charge is 2.15. The largest absolute Gasteiger partial charge is 0.469 e. The van der Waals surface area contributed by atoms with Gasteiger partial charge in [0, 0.05) is 23.6 Å². The van der Waals surface area contributed by atoms with Gasteiger partial charge in [-0.05, 0) is 23.8 Å². The van der Waals surface area contributed by atoms with Crippen LogP contribution in [-0.4, -0.2) is 4.98 Å². The second kappa shape index (κ2) is 4.86. The molecule has 1 atom stereocenters. The first-order chi connectivity index (χ1) is 9.29. The van der Waals surface area contributed by atoms with Crippen LogP contribution in [0.5, 0.6) is 0 Å². The van der Waals surface area contributed by atoms with Gasteiger partial charge in [-0.25, -0.2) is 0 Å². The molecule has 2 aromatic heterocycles. The second-order valence-electron chi connectivity index (χ2n) is 4.59. The summed E-state index contributed by atoms with van der Waals surface area (Å²) in [5, 5.41) is 1.13. The van der Waals surface area contributed by atoms with Gasteiger partial charge in [0.2, 0.25) is 0 Å². The van der Waals surface area contributed by atoms with Crippen molar-refractivity contribution in [3.05, 3.63) is 65.7 Å². The molecule has 0 bridgehead atoms. The summed E-state index contributed by atoms with van der Waals surface area (Å²) in [6.45, 7) is 2.07. The monoisotopic (exact) mass is 252 g/mol. The standard InChI is InChI=1S/C16H16N2O/c1-2-15-13(7-9-19-15)16(17)12-6-5-11-4-3-8-18-14(11)10-12/h3-10,16H,2,17H2,1H3. The molecule has 3 aromatic rings. The molecule has 1 aromatic carbocycles. The van der Waals surface area contributed by atoms with E-state index in [2.05, 4.69) is 24.0 Å². The number of hydrogen-bond acceptors (Lipinski definition) is 3. The summed E-state index contributed by atoms with van der Waals surface area (Å²) in [6.07, 6.45) is 4.35. The Morgan fingerprint density at radius 3 is 3.00 bits per heavy atom. The van der Waals surface area contributed by atoms with Crippen LogP contribution in [0.25, 0.3) is 10.9 Å². The zero-order chi connectivity index (χ0) is 13.2. The number of furan rings is 1. The predicted molar refractivity (Wildman–Crippen MR) is 75.9 cm³/mol. The smallest absolute Gasteiger partial charge is 0.108 e. The Morgan fingerprint density at radius 2 is 2.16 bits per heavy atom. The van der Waals surface area contributed by atoms with E-state index >= 15 is 0 Å². The van der Waals surface area contributed by atoms with Gasteiger partial charge in [-0.2, -0.15) is 0 Å². The number of pyridine rings is 1. The number of aryl methyl sites for hydroxylation is 1. The third-order valence-corrected chi connectivity index (χ3v) is 3.43. The van der Waals surface area contributed by atoms with Gasteiger partial charge >= 0.3 is 0 Å². The summed E-state index contributed by atoms with van der Waals surface area (Å²) in [5.41, 5.74) is 9.42. The average molecular weight is 252 g/mol. The molecule has 0 aliphatic carbocycles. The van der Waals surface area contributed by atoms with E-state index in [4.69, 9.17) is 10.2 Å². The van der Waals surface area contributed by atoms with E-state index in [0.717, 1.165) is 34.2 Å². The number of rotatable bonds is 3. The first kappa shape index (κ1) is 11.9. The fourth-order valence-corrected chi connectivity index (χ4v) is 2.37. The van der Waals surface area contributed by atoms with Crippen LogP contribution >= 0.6 is 0 Å². The highest BCUT2D eigenvalue weighted by molar-refractivity contribution is 5.79. The van der Waals surface area contributed by atoms with Crippen LogP contribution in [0.4, 0.5) is 0 Å². The van der Waals surface area contributed by atoms with E-state index in [9.17, 15) is 0 Å². The molecule has 0 fully saturated rings. The van der Waals surface area contributed by atoms with E-state index in [1.54, 1.807) is 12.5 Å². The van der Waals surface area contributed by atoms with Crippen molar-refractivity contribution in [1.29, 1.82) is 0 Å². The Kier molecular flexibility index (Phi) is 3.05. The van der Waals surface area contributed by atoms with Crippen molar-refractivity contribution in [3.63, 3.8) is 0 Å². The van der Waals surface area contributed by atoms with Crippen LogP contribution < -0.4 is 5.73 Å². The normalized spacial score (nSPS) is 12.7. The molecule has 2 heterocycles. The van der Waals surface area contributed by atoms with Crippen molar-refractivity contribution in [2.75, 3.05) is 0 Å². The Morgan fingerprint density at radius 1 is 1.26 bits per heavy atom. The number of nitrogens with zero attached hydrogens (tertiary/aromatic N) is 1. The highest BCUT2D eigenvalue weighted by Crippen LogP contribution is 2.26. The lowest BCUT2D eigenvalue weighted by atomic mass is 9.98. The van der Waals surface area contributed by atoms with E-state index in [0.29, 0.717) is 0 Å². The number of hydrogen-bond donors (Lipinski definition) is 1. The van der Waals surface area contributed by atoms with Crippen LogP contribution in [0.2, 0.25) is 0 Å². The molecule has 0 radical (unpaired) electrons. The lowest BCUT2D eigenvalue weighted by Gasteiger charge is -2.12. The molecule has 0 aliphatic rings. The third kappa shape index (κ3) is 2.13. The minimum atomic E-state index is -0.167. The fraction of sp³-hybridized carbons (Fsp3) is 0.188. The van der Waals surface area contributed by atoms with Crippen LogP contribution in [0.3, 0.4) is 0 Å². The van der Waals surface area contributed by atoms with Crippen molar-refractivity contribution in [1.82, 2.24) is 4.98 Å². The molecule has 3 nitrogen and oxygen atoms in total. The molecule has 1 unspecified atom stereocenters. The zero-order valence-electron chi connectivity index (χ0n) is 10.8. The minimum Gasteiger partial charge on any atom is -0.469 e. The molecule has 3 heteroatoms. The maximum atomic E-state index is 6.34. The molecule has 0 saturated carbocycles. The molecule has 0 amide bonds. The maximum Gasteiger partial charge on any atom is 0.108 e. The molecule has 0 saturated heterocycles. The summed E-state index contributed by atoms with van der Waals surface area (Å²) in [5.74, 6) is 0.952. The van der Waals surface area contributed by atoms with E-state index in [1.165, 1.54) is 0 Å². The molecule has 96 valence electrons. The van der Waals surface area contributed by atoms with Gasteiger partial charge in [-0.15, -0.1) is 0 Å². The second-order valence-corrected chi connectivity index (χ2v) is 4.59. The van der Waals surface area contributed by atoms with Gasteiger partial charge in [-0.1, -0.05) is 25.1 Å². The minimum absolute atomic E-state index is 0.167. The highest BCUT2D eigenvalue weighted by atomic mass is 16.3. The first-order valence-electron chi connectivity index (χ1n) is 6.46. The quantitative estimate of drug-likeness (QED) is 0.776. The summed E-state index contributed by atoms with van der Waals surface area (Å²) in [6, 6.07) is 11.9. The molecule has 19 heavy (non-hydrogen) atoms. The average Bonchev–Trinajstić information content (AvgIpc) is 2.94. The predicted octanol–water partition coefficient (Wildman–Crippen LogP) is 3.44. The Bertz CT molecular complexity index is 703. The maximum absolute atomic E-state index is 6.34. The summed E-state index contributed by atoms with van der Waals surface area (Å²) < 4.78 is 5.45. The lowest BCUT2D eigenvalue weighted by Crippen LogP contribution is -2.12. The van der Waals surface area contributed by atoms with Crippen LogP contribution in [0, 0.1) is 0 Å². The van der Waals surface area contributed by atoms with E-state index in [-0.39, 0.29) is 6.04 Å². The molecular formula is C16H16N2O. The van der Waals surface area contributed by atoms with Gasteiger partial charge in [-0.3, -0.25) is 4.98 Å². The van der Waals surface area contributed by atoms with E-state index in [1.807, 2.05) is 24.3 Å². The van der Waals surface area contributed by atoms with Crippen molar-refractivity contribution in [3.8, 4) is 0 Å². The van der Waals surface area contributed by atoms with Gasteiger partial charge in [0.25, 0.3) is 0 Å². The Balaban J connectivity index is 2.04. The van der Waals surface area contributed by atoms with Crippen LogP contribution in [-0.2, 0) is 6.42 Å². The fourth-order valence-electron chi connectivity index (χ4n) is 2.37. The molecular weight excluding hydrogens is 236 g/mol. The third-order valence-electron chi connectivity index (χ3n) is 3.43. The van der Waals surface area contributed by atoms with Crippen molar-refractivity contribution >= 4 is 10.9 Å². The van der Waals surface area contributed by atoms with Gasteiger partial charge in [0.1, 0.15) is 5.76 Å². The number of fused-ring (bicyclic) bond motifs is 1. The molecule has 0 spiro atoms. The van der Waals surface area contributed by atoms with Gasteiger partial charge in [0.05, 0.1) is 17.8 Å². The summed E-state index contributed by atoms with van der Waals surface area (Å²) in [7, 11) is 0. The Labute approximate surface area is 112 Å². The first-order valence-corrected chi connectivity index (χ1v) is 6.46. The van der Waals surface area contributed by atoms with Crippen LogP contribution in [0.1, 0.15) is 29.9 Å². The lowest BCUT2D eigenvalue weighted by molar-refractivity contribution is 0.509. The Hall–Kier alpha value is -2.13. The molecule has 2 N–H and O–H groups in total. The van der Waals surface area contributed by atoms with Crippen molar-refractivity contribution in [2.45, 2.75) is 19.4 Å². The number of nitrogens with two attached hydrogens (primary N) is 1. The van der Waals surface area contributed by atoms with Crippen molar-refractivity contribution in [2.24, 2.45) is 5.73 Å². The summed E-state index contributed by atoms with van der Waals surface area (Å²) in [4.78, 5) is 4.37. The van der Waals surface area contributed by atoms with Gasteiger partial charge in [0.15, 0.2) is 0 Å². The SMILES string of the molecule is CCc1occc1C(N)c1ccc2cccnc2c1. The molecule has 3 rings (SSSR count). The van der Waals surface area contributed by atoms with Crippen LogP contribution in [0.15, 0.2) is 53.3 Å². The topological polar surface area (TPSA) is 52.0 Å². The summed E-state index contributed by atoms with van der Waals surface area (Å²) >= 11 is 0. The van der Waals surface area contributed by atoms with Crippen molar-refractivity contribution < 1.29 is 4.42 Å². The zero-order valence-corrected chi connectivity index (χ0v) is 10.8. The number of aromatic nitrogens is 1.